The van der Waals surface area contributed by atoms with Crippen LogP contribution in [0.2, 0.25) is 0 Å². The van der Waals surface area contributed by atoms with Crippen LogP contribution in [-0.4, -0.2) is 13.4 Å². The fraction of sp³-hybridized carbons (Fsp3) is 0.0833. The lowest BCUT2D eigenvalue weighted by molar-refractivity contribution is 0.603. The maximum absolute atomic E-state index is 11.7. The van der Waals surface area contributed by atoms with Gasteiger partial charge in [-0.15, -0.1) is 0 Å². The van der Waals surface area contributed by atoms with Crippen molar-refractivity contribution in [2.24, 2.45) is 0 Å². The van der Waals surface area contributed by atoms with Crippen LogP contribution in [0.25, 0.3) is 0 Å². The number of hydrogen-bond donors (Lipinski definition) is 0. The molecule has 0 amide bonds. The van der Waals surface area contributed by atoms with E-state index < -0.39 is 14.3 Å². The van der Waals surface area contributed by atoms with Crippen LogP contribution in [0.5, 0.6) is 0 Å². The third kappa shape index (κ3) is 2.84. The highest BCUT2D eigenvalue weighted by Gasteiger charge is 2.26. The molecule has 0 aliphatic heterocycles. The van der Waals surface area contributed by atoms with E-state index in [0.717, 1.165) is 0 Å². The molecule has 0 bridgehead atoms. The van der Waals surface area contributed by atoms with Crippen molar-refractivity contribution >= 4 is 19.7 Å². The van der Waals surface area contributed by atoms with Gasteiger partial charge in [0.15, 0.2) is 0 Å². The number of benzene rings is 1. The lowest BCUT2D eigenvalue weighted by Crippen LogP contribution is -2.09. The van der Waals surface area contributed by atoms with Crippen LogP contribution in [0.15, 0.2) is 54.9 Å². The van der Waals surface area contributed by atoms with Crippen LogP contribution in [0.3, 0.4) is 0 Å². The Bertz CT molecular complexity index is 545. The largest absolute Gasteiger partial charge is 0.265 e. The van der Waals surface area contributed by atoms with Crippen LogP contribution >= 0.6 is 10.7 Å². The number of rotatable bonds is 3. The van der Waals surface area contributed by atoms with Crippen molar-refractivity contribution in [2.45, 2.75) is 5.25 Å². The number of pyridine rings is 1. The van der Waals surface area contributed by atoms with Crippen LogP contribution in [0.1, 0.15) is 16.4 Å². The summed E-state index contributed by atoms with van der Waals surface area (Å²) in [5.74, 6) is 0. The molecule has 1 unspecified atom stereocenters. The van der Waals surface area contributed by atoms with E-state index in [9.17, 15) is 8.42 Å². The Kier molecular flexibility index (Phi) is 3.45. The van der Waals surface area contributed by atoms with Crippen molar-refractivity contribution in [1.82, 2.24) is 4.98 Å². The maximum atomic E-state index is 11.7. The monoisotopic (exact) mass is 267 g/mol. The van der Waals surface area contributed by atoms with E-state index in [1.165, 1.54) is 0 Å². The Labute approximate surface area is 105 Å². The van der Waals surface area contributed by atoms with Crippen LogP contribution in [0, 0.1) is 0 Å². The zero-order valence-electron chi connectivity index (χ0n) is 8.82. The molecule has 0 spiro atoms. The van der Waals surface area contributed by atoms with Gasteiger partial charge in [-0.1, -0.05) is 30.3 Å². The van der Waals surface area contributed by atoms with E-state index in [2.05, 4.69) is 4.98 Å². The third-order valence-electron chi connectivity index (χ3n) is 2.39. The third-order valence-corrected chi connectivity index (χ3v) is 4.03. The fourth-order valence-electron chi connectivity index (χ4n) is 1.68. The summed E-state index contributed by atoms with van der Waals surface area (Å²) < 4.78 is 23.4. The van der Waals surface area contributed by atoms with Crippen molar-refractivity contribution in [3.05, 3.63) is 66.0 Å². The summed E-state index contributed by atoms with van der Waals surface area (Å²) in [5, 5.41) is -0.853. The Morgan fingerprint density at radius 1 is 0.941 bits per heavy atom. The molecule has 1 atom stereocenters. The Morgan fingerprint density at radius 3 is 2.00 bits per heavy atom. The second-order valence-electron chi connectivity index (χ2n) is 3.55. The van der Waals surface area contributed by atoms with Gasteiger partial charge in [0.1, 0.15) is 5.25 Å². The summed E-state index contributed by atoms with van der Waals surface area (Å²) in [4.78, 5) is 3.87. The summed E-state index contributed by atoms with van der Waals surface area (Å²) in [5.41, 5.74) is 1.26. The quantitative estimate of drug-likeness (QED) is 0.804. The molecule has 1 aromatic carbocycles. The molecule has 0 radical (unpaired) electrons. The van der Waals surface area contributed by atoms with E-state index in [1.54, 1.807) is 48.8 Å². The highest BCUT2D eigenvalue weighted by molar-refractivity contribution is 8.14. The lowest BCUT2D eigenvalue weighted by atomic mass is 10.1. The number of nitrogens with zero attached hydrogens (tertiary/aromatic N) is 1. The van der Waals surface area contributed by atoms with Crippen molar-refractivity contribution in [3.63, 3.8) is 0 Å². The van der Waals surface area contributed by atoms with Gasteiger partial charge in [-0.05, 0) is 23.3 Å². The molecule has 2 rings (SSSR count). The minimum Gasteiger partial charge on any atom is -0.265 e. The minimum absolute atomic E-state index is 0.612. The summed E-state index contributed by atoms with van der Waals surface area (Å²) in [6.07, 6.45) is 3.10. The van der Waals surface area contributed by atoms with Gasteiger partial charge in [-0.3, -0.25) is 4.98 Å². The van der Waals surface area contributed by atoms with Crippen molar-refractivity contribution < 1.29 is 8.42 Å². The van der Waals surface area contributed by atoms with Crippen LogP contribution in [0.4, 0.5) is 0 Å². The molecule has 3 nitrogen and oxygen atoms in total. The standard InChI is InChI=1S/C12H10ClNO2S/c13-17(15,16)12(10-4-2-1-3-5-10)11-6-8-14-9-7-11/h1-9,12H. The summed E-state index contributed by atoms with van der Waals surface area (Å²) in [6, 6.07) is 12.2. The predicted molar refractivity (Wildman–Crippen MR) is 67.3 cm³/mol. The van der Waals surface area contributed by atoms with E-state index in [4.69, 9.17) is 10.7 Å². The van der Waals surface area contributed by atoms with E-state index in [-0.39, 0.29) is 0 Å². The van der Waals surface area contributed by atoms with Crippen LogP contribution in [-0.2, 0) is 9.05 Å². The first-order chi connectivity index (χ1) is 8.09. The number of aromatic nitrogens is 1. The van der Waals surface area contributed by atoms with Crippen LogP contribution < -0.4 is 0 Å². The molecule has 0 fully saturated rings. The lowest BCUT2D eigenvalue weighted by Gasteiger charge is -2.13. The van der Waals surface area contributed by atoms with Crippen molar-refractivity contribution in [2.75, 3.05) is 0 Å². The Balaban J connectivity index is 2.56. The zero-order chi connectivity index (χ0) is 12.3. The molecule has 0 saturated carbocycles. The highest BCUT2D eigenvalue weighted by Crippen LogP contribution is 2.32. The molecule has 0 aliphatic rings. The average Bonchev–Trinajstić information content (AvgIpc) is 2.30. The first-order valence-electron chi connectivity index (χ1n) is 4.97. The molecule has 0 N–H and O–H groups in total. The summed E-state index contributed by atoms with van der Waals surface area (Å²) in [7, 11) is 1.79. The molecule has 5 heteroatoms. The Morgan fingerprint density at radius 2 is 1.47 bits per heavy atom. The van der Waals surface area contributed by atoms with Gasteiger partial charge in [0, 0.05) is 23.1 Å². The molecule has 2 aromatic rings. The summed E-state index contributed by atoms with van der Waals surface area (Å²) >= 11 is 0. The van der Waals surface area contributed by atoms with E-state index in [0.29, 0.717) is 11.1 Å². The minimum atomic E-state index is -3.73. The number of hydrogen-bond acceptors (Lipinski definition) is 3. The van der Waals surface area contributed by atoms with Gasteiger partial charge >= 0.3 is 0 Å². The zero-order valence-corrected chi connectivity index (χ0v) is 10.4. The second kappa shape index (κ2) is 4.85. The average molecular weight is 268 g/mol. The van der Waals surface area contributed by atoms with Gasteiger partial charge < -0.3 is 0 Å². The Hall–Kier alpha value is -1.39. The first-order valence-corrected chi connectivity index (χ1v) is 7.34. The molecule has 1 heterocycles. The molecule has 0 saturated heterocycles. The van der Waals surface area contributed by atoms with Crippen molar-refractivity contribution in [1.29, 1.82) is 0 Å². The topological polar surface area (TPSA) is 47.0 Å². The van der Waals surface area contributed by atoms with Gasteiger partial charge in [-0.25, -0.2) is 8.42 Å². The molecule has 88 valence electrons. The normalized spacial score (nSPS) is 13.2. The highest BCUT2D eigenvalue weighted by atomic mass is 35.7. The number of halogens is 1. The summed E-state index contributed by atoms with van der Waals surface area (Å²) in [6.45, 7) is 0. The van der Waals surface area contributed by atoms with Gasteiger partial charge in [0.25, 0.3) is 0 Å². The SMILES string of the molecule is O=S(=O)(Cl)C(c1ccccc1)c1ccncc1. The predicted octanol–water partition coefficient (Wildman–Crippen LogP) is 2.74. The molecular formula is C12H10ClNO2S. The molecule has 17 heavy (non-hydrogen) atoms. The second-order valence-corrected chi connectivity index (χ2v) is 6.26. The molecule has 1 aromatic heterocycles. The van der Waals surface area contributed by atoms with Gasteiger partial charge in [0.2, 0.25) is 9.05 Å². The maximum Gasteiger partial charge on any atom is 0.243 e. The van der Waals surface area contributed by atoms with Gasteiger partial charge in [-0.2, -0.15) is 0 Å². The van der Waals surface area contributed by atoms with E-state index >= 15 is 0 Å². The molecular weight excluding hydrogens is 258 g/mol. The molecule has 0 aliphatic carbocycles. The fourth-order valence-corrected chi connectivity index (χ4v) is 3.27. The van der Waals surface area contributed by atoms with Crippen molar-refractivity contribution in [3.8, 4) is 0 Å². The van der Waals surface area contributed by atoms with Gasteiger partial charge in [0.05, 0.1) is 0 Å². The first kappa shape index (κ1) is 12.1. The van der Waals surface area contributed by atoms with E-state index in [1.807, 2.05) is 6.07 Å². The smallest absolute Gasteiger partial charge is 0.243 e.